The molecule has 7 heavy (non-hydrogen) atoms. The highest BCUT2D eigenvalue weighted by molar-refractivity contribution is 7.90. The topological polar surface area (TPSA) is 44.7 Å². The fraction of sp³-hybridized carbons (Fsp3) is 0.667. The molecule has 0 aromatic heterocycles. The summed E-state index contributed by atoms with van der Waals surface area (Å²) in [7, 11) is 0. The highest BCUT2D eigenvalue weighted by Gasteiger charge is 2.14. The van der Waals surface area contributed by atoms with E-state index in [1.807, 2.05) is 0 Å². The summed E-state index contributed by atoms with van der Waals surface area (Å²) in [4.78, 5) is 0. The Kier molecular flexibility index (Phi) is 1.21. The minimum Gasteiger partial charge on any atom is -0.588 e. The molecule has 4 heteroatoms. The molecule has 3 nitrogen and oxygen atoms in total. The number of nitrogens with zero attached hydrogens (tertiary/aromatic N) is 1. The van der Waals surface area contributed by atoms with Gasteiger partial charge >= 0.3 is 0 Å². The Morgan fingerprint density at radius 1 is 2.00 bits per heavy atom. The largest absolute Gasteiger partial charge is 0.588 e. The maximum atomic E-state index is 10.3. The molecule has 1 heterocycles. The second-order valence-corrected chi connectivity index (χ2v) is 2.26. The Bertz CT molecular complexity index is 103. The lowest BCUT2D eigenvalue weighted by Gasteiger charge is -1.88. The molecule has 40 valence electrons. The van der Waals surface area contributed by atoms with Crippen LogP contribution in [0.1, 0.15) is 6.92 Å². The van der Waals surface area contributed by atoms with Crippen molar-refractivity contribution in [2.45, 2.75) is 6.92 Å². The smallest absolute Gasteiger partial charge is 0.273 e. The van der Waals surface area contributed by atoms with Gasteiger partial charge in [-0.1, -0.05) is 0 Å². The molecule has 0 bridgehead atoms. The van der Waals surface area contributed by atoms with Gasteiger partial charge in [0.2, 0.25) is 5.90 Å². The molecule has 0 spiro atoms. The van der Waals surface area contributed by atoms with E-state index in [-0.39, 0.29) is 5.94 Å². The molecular formula is C3H5NO2S. The average Bonchev–Trinajstić information content (AvgIpc) is 1.87. The third-order valence-electron chi connectivity index (χ3n) is 0.599. The van der Waals surface area contributed by atoms with Crippen molar-refractivity contribution in [3.8, 4) is 0 Å². The second kappa shape index (κ2) is 1.71. The number of ether oxygens (including phenoxy) is 1. The molecule has 0 aromatic carbocycles. The Hall–Kier alpha value is -0.220. The summed E-state index contributed by atoms with van der Waals surface area (Å²) in [5, 5.41) is 0. The monoisotopic (exact) mass is 119 g/mol. The van der Waals surface area contributed by atoms with Gasteiger partial charge in [-0.05, 0) is 4.40 Å². The van der Waals surface area contributed by atoms with Gasteiger partial charge in [-0.25, -0.2) is 0 Å². The normalized spacial score (nSPS) is 29.4. The van der Waals surface area contributed by atoms with Gasteiger partial charge in [0, 0.05) is 6.92 Å². The van der Waals surface area contributed by atoms with Crippen molar-refractivity contribution >= 4 is 17.3 Å². The van der Waals surface area contributed by atoms with Crippen LogP contribution < -0.4 is 0 Å². The van der Waals surface area contributed by atoms with Crippen LogP contribution >= 0.6 is 0 Å². The van der Waals surface area contributed by atoms with E-state index in [4.69, 9.17) is 4.74 Å². The predicted octanol–water partition coefficient (Wildman–Crippen LogP) is 0.0562. The molecule has 0 saturated carbocycles. The SMILES string of the molecule is CC1=N[S+]([O-])CO1. The van der Waals surface area contributed by atoms with Gasteiger partial charge in [0.15, 0.2) is 0 Å². The molecule has 1 aliphatic rings. The highest BCUT2D eigenvalue weighted by Crippen LogP contribution is 2.03. The van der Waals surface area contributed by atoms with E-state index < -0.39 is 11.4 Å². The van der Waals surface area contributed by atoms with E-state index in [9.17, 15) is 4.55 Å². The molecule has 1 aliphatic heterocycles. The van der Waals surface area contributed by atoms with Crippen LogP contribution in [-0.4, -0.2) is 16.4 Å². The molecule has 0 N–H and O–H groups in total. The molecule has 0 radical (unpaired) electrons. The van der Waals surface area contributed by atoms with Crippen molar-refractivity contribution in [3.05, 3.63) is 0 Å². The minimum atomic E-state index is -1.09. The van der Waals surface area contributed by atoms with Gasteiger partial charge in [-0.15, -0.1) is 0 Å². The molecule has 1 unspecified atom stereocenters. The van der Waals surface area contributed by atoms with Crippen LogP contribution in [0.15, 0.2) is 4.40 Å². The Morgan fingerprint density at radius 2 is 2.71 bits per heavy atom. The van der Waals surface area contributed by atoms with Crippen LogP contribution in [0, 0.1) is 0 Å². The van der Waals surface area contributed by atoms with Crippen molar-refractivity contribution in [3.63, 3.8) is 0 Å². The maximum absolute atomic E-state index is 10.3. The zero-order valence-electron chi connectivity index (χ0n) is 3.88. The van der Waals surface area contributed by atoms with E-state index in [0.717, 1.165) is 0 Å². The first kappa shape index (κ1) is 4.93. The first-order valence-electron chi connectivity index (χ1n) is 1.85. The van der Waals surface area contributed by atoms with E-state index in [0.29, 0.717) is 5.90 Å². The number of hydrogen-bond acceptors (Lipinski definition) is 3. The molecule has 0 aromatic rings. The van der Waals surface area contributed by atoms with E-state index in [1.165, 1.54) is 0 Å². The van der Waals surface area contributed by atoms with Gasteiger partial charge < -0.3 is 9.29 Å². The fourth-order valence-electron chi connectivity index (χ4n) is 0.332. The average molecular weight is 119 g/mol. The lowest BCUT2D eigenvalue weighted by Crippen LogP contribution is -1.95. The minimum absolute atomic E-state index is 0.242. The summed E-state index contributed by atoms with van der Waals surface area (Å²) in [5.74, 6) is 0.768. The lowest BCUT2D eigenvalue weighted by atomic mass is 10.8. The van der Waals surface area contributed by atoms with Gasteiger partial charge in [0.1, 0.15) is 11.4 Å². The molecular weight excluding hydrogens is 114 g/mol. The summed E-state index contributed by atoms with van der Waals surface area (Å²) in [6.45, 7) is 1.69. The summed E-state index contributed by atoms with van der Waals surface area (Å²) in [6, 6.07) is 0. The summed E-state index contributed by atoms with van der Waals surface area (Å²) in [6.07, 6.45) is 0. The van der Waals surface area contributed by atoms with Gasteiger partial charge in [-0.2, -0.15) is 0 Å². The standard InChI is InChI=1S/C3H5NO2S/c1-3-4-7(5)2-6-3/h2H2,1H3. The maximum Gasteiger partial charge on any atom is 0.273 e. The van der Waals surface area contributed by atoms with Crippen LogP contribution in [0.5, 0.6) is 0 Å². The molecule has 1 atom stereocenters. The third kappa shape index (κ3) is 1.07. The predicted molar refractivity (Wildman–Crippen MR) is 27.2 cm³/mol. The lowest BCUT2D eigenvalue weighted by molar-refractivity contribution is 0.378. The quantitative estimate of drug-likeness (QED) is 0.423. The molecule has 0 fully saturated rings. The third-order valence-corrected chi connectivity index (χ3v) is 1.38. The zero-order chi connectivity index (χ0) is 5.28. The van der Waals surface area contributed by atoms with Gasteiger partial charge in [0.25, 0.3) is 5.94 Å². The number of rotatable bonds is 0. The summed E-state index contributed by atoms with van der Waals surface area (Å²) < 4.78 is 18.5. The van der Waals surface area contributed by atoms with Gasteiger partial charge in [-0.3, -0.25) is 0 Å². The molecule has 1 rings (SSSR count). The Labute approximate surface area is 44.7 Å². The Balaban J connectivity index is 2.50. The molecule has 0 aliphatic carbocycles. The van der Waals surface area contributed by atoms with Crippen LogP contribution in [0.25, 0.3) is 0 Å². The molecule has 0 saturated heterocycles. The van der Waals surface area contributed by atoms with Crippen LogP contribution in [0.3, 0.4) is 0 Å². The van der Waals surface area contributed by atoms with Crippen LogP contribution in [0.4, 0.5) is 0 Å². The highest BCUT2D eigenvalue weighted by atomic mass is 32.2. The summed E-state index contributed by atoms with van der Waals surface area (Å²) in [5.41, 5.74) is 0. The first-order chi connectivity index (χ1) is 3.29. The van der Waals surface area contributed by atoms with E-state index in [1.54, 1.807) is 6.92 Å². The first-order valence-corrected chi connectivity index (χ1v) is 3.13. The fourth-order valence-corrected chi connectivity index (χ4v) is 0.995. The second-order valence-electron chi connectivity index (χ2n) is 1.19. The van der Waals surface area contributed by atoms with Crippen molar-refractivity contribution in [2.75, 3.05) is 5.94 Å². The summed E-state index contributed by atoms with van der Waals surface area (Å²) >= 11 is -1.09. The van der Waals surface area contributed by atoms with Crippen LogP contribution in [0.2, 0.25) is 0 Å². The van der Waals surface area contributed by atoms with Crippen molar-refractivity contribution < 1.29 is 9.29 Å². The van der Waals surface area contributed by atoms with Crippen LogP contribution in [-0.2, 0) is 16.1 Å². The number of hydrogen-bond donors (Lipinski definition) is 0. The molecule has 0 amide bonds. The van der Waals surface area contributed by atoms with Crippen molar-refractivity contribution in [1.29, 1.82) is 0 Å². The van der Waals surface area contributed by atoms with E-state index >= 15 is 0 Å². The van der Waals surface area contributed by atoms with E-state index in [2.05, 4.69) is 4.40 Å². The van der Waals surface area contributed by atoms with Crippen molar-refractivity contribution in [1.82, 2.24) is 0 Å². The Morgan fingerprint density at radius 3 is 2.86 bits per heavy atom. The zero-order valence-corrected chi connectivity index (χ0v) is 4.70. The van der Waals surface area contributed by atoms with Crippen molar-refractivity contribution in [2.24, 2.45) is 4.40 Å². The van der Waals surface area contributed by atoms with Gasteiger partial charge in [0.05, 0.1) is 0 Å².